The number of hydrogen-bond donors (Lipinski definition) is 0. The van der Waals surface area contributed by atoms with Gasteiger partial charge >= 0.3 is 0 Å². The smallest absolute Gasteiger partial charge is 0.241 e. The zero-order chi connectivity index (χ0) is 17.4. The number of aryl methyl sites for hydroxylation is 1. The van der Waals surface area contributed by atoms with Crippen molar-refractivity contribution in [1.82, 2.24) is 9.97 Å². The summed E-state index contributed by atoms with van der Waals surface area (Å²) in [6, 6.07) is 7.03. The zero-order valence-electron chi connectivity index (χ0n) is 12.7. The maximum absolute atomic E-state index is 13.8. The molecule has 0 saturated carbocycles. The first-order valence-electron chi connectivity index (χ1n) is 6.98. The molecule has 0 saturated heterocycles. The maximum Gasteiger partial charge on any atom is 0.241 e. The van der Waals surface area contributed by atoms with Crippen molar-refractivity contribution in [1.29, 1.82) is 0 Å². The first kappa shape index (κ1) is 16.3. The summed E-state index contributed by atoms with van der Waals surface area (Å²) in [4.78, 5) is 19.9. The van der Waals surface area contributed by atoms with E-state index in [1.54, 1.807) is 25.1 Å². The molecule has 3 rings (SSSR count). The van der Waals surface area contributed by atoms with Crippen molar-refractivity contribution < 1.29 is 18.3 Å². The van der Waals surface area contributed by atoms with Crippen molar-refractivity contribution in [2.24, 2.45) is 0 Å². The number of aromatic nitrogens is 2. The molecule has 0 spiro atoms. The third kappa shape index (κ3) is 2.80. The Morgan fingerprint density at radius 3 is 2.62 bits per heavy atom. The monoisotopic (exact) mass is 348 g/mol. The standard InChI is InChI=1S/C17H11ClF2N2O2/c1-8-17(22-12-7-6-11(19)15(20)16(12)21-8)24-13-5-3-4-10(18)14(13)9(2)23/h3-7H,1-2H3. The summed E-state index contributed by atoms with van der Waals surface area (Å²) in [5, 5.41) is 0.250. The Hall–Kier alpha value is -2.60. The zero-order valence-corrected chi connectivity index (χ0v) is 13.5. The largest absolute Gasteiger partial charge is 0.436 e. The van der Waals surface area contributed by atoms with Gasteiger partial charge in [0.05, 0.1) is 16.1 Å². The van der Waals surface area contributed by atoms with Crippen molar-refractivity contribution in [3.63, 3.8) is 0 Å². The van der Waals surface area contributed by atoms with Gasteiger partial charge in [-0.15, -0.1) is 0 Å². The number of fused-ring (bicyclic) bond motifs is 1. The third-order valence-electron chi connectivity index (χ3n) is 3.39. The normalized spacial score (nSPS) is 10.9. The van der Waals surface area contributed by atoms with Crippen molar-refractivity contribution in [2.75, 3.05) is 0 Å². The van der Waals surface area contributed by atoms with Crippen LogP contribution in [0.5, 0.6) is 11.6 Å². The van der Waals surface area contributed by atoms with E-state index >= 15 is 0 Å². The van der Waals surface area contributed by atoms with Gasteiger partial charge < -0.3 is 4.74 Å². The van der Waals surface area contributed by atoms with Gasteiger partial charge in [-0.3, -0.25) is 4.79 Å². The number of hydrogen-bond acceptors (Lipinski definition) is 4. The predicted octanol–water partition coefficient (Wildman–Crippen LogP) is 4.86. The highest BCUT2D eigenvalue weighted by molar-refractivity contribution is 6.34. The van der Waals surface area contributed by atoms with Crippen molar-refractivity contribution >= 4 is 28.4 Å². The maximum atomic E-state index is 13.8. The molecule has 0 aliphatic carbocycles. The van der Waals surface area contributed by atoms with E-state index < -0.39 is 11.6 Å². The van der Waals surface area contributed by atoms with Crippen LogP contribution < -0.4 is 4.74 Å². The van der Waals surface area contributed by atoms with E-state index in [4.69, 9.17) is 16.3 Å². The molecule has 0 aliphatic heterocycles. The summed E-state index contributed by atoms with van der Waals surface area (Å²) in [5.74, 6) is -2.04. The summed E-state index contributed by atoms with van der Waals surface area (Å²) in [5.41, 5.74) is 0.422. The quantitative estimate of drug-likeness (QED) is 0.634. The summed E-state index contributed by atoms with van der Waals surface area (Å²) < 4.78 is 32.7. The number of halogens is 3. The average Bonchev–Trinajstić information content (AvgIpc) is 2.52. The lowest BCUT2D eigenvalue weighted by Crippen LogP contribution is -2.02. The molecule has 1 heterocycles. The molecule has 3 aromatic rings. The van der Waals surface area contributed by atoms with Gasteiger partial charge in [-0.05, 0) is 38.1 Å². The van der Waals surface area contributed by atoms with Crippen LogP contribution in [0.1, 0.15) is 23.0 Å². The molecule has 7 heteroatoms. The van der Waals surface area contributed by atoms with Gasteiger partial charge in [-0.1, -0.05) is 17.7 Å². The molecule has 0 unspecified atom stereocenters. The fraction of sp³-hybridized carbons (Fsp3) is 0.118. The summed E-state index contributed by atoms with van der Waals surface area (Å²) >= 11 is 6.04. The predicted molar refractivity (Wildman–Crippen MR) is 85.7 cm³/mol. The Bertz CT molecular complexity index is 976. The molecule has 2 aromatic carbocycles. The van der Waals surface area contributed by atoms with Crippen LogP contribution in [-0.4, -0.2) is 15.8 Å². The van der Waals surface area contributed by atoms with Crippen LogP contribution in [0.25, 0.3) is 11.0 Å². The van der Waals surface area contributed by atoms with Gasteiger partial charge in [-0.25, -0.2) is 18.7 Å². The minimum Gasteiger partial charge on any atom is -0.436 e. The molecule has 0 amide bonds. The molecule has 0 fully saturated rings. The Kier molecular flexibility index (Phi) is 4.15. The van der Waals surface area contributed by atoms with Gasteiger partial charge in [0.25, 0.3) is 0 Å². The lowest BCUT2D eigenvalue weighted by Gasteiger charge is -2.12. The minimum absolute atomic E-state index is 0.0817. The molecule has 1 aromatic heterocycles. The van der Waals surface area contributed by atoms with E-state index in [2.05, 4.69) is 9.97 Å². The second-order valence-electron chi connectivity index (χ2n) is 5.11. The molecule has 122 valence electrons. The minimum atomic E-state index is -1.07. The Morgan fingerprint density at radius 1 is 1.17 bits per heavy atom. The van der Waals surface area contributed by atoms with Crippen LogP contribution >= 0.6 is 11.6 Å². The van der Waals surface area contributed by atoms with E-state index in [0.29, 0.717) is 0 Å². The molecule has 0 atom stereocenters. The van der Waals surface area contributed by atoms with Gasteiger partial charge in [0.2, 0.25) is 5.88 Å². The Balaban J connectivity index is 2.12. The SMILES string of the molecule is CC(=O)c1c(Cl)cccc1Oc1nc2ccc(F)c(F)c2nc1C. The van der Waals surface area contributed by atoms with E-state index in [1.807, 2.05) is 0 Å². The molecule has 0 aliphatic rings. The second kappa shape index (κ2) is 6.13. The van der Waals surface area contributed by atoms with E-state index in [9.17, 15) is 13.6 Å². The van der Waals surface area contributed by atoms with Crippen LogP contribution in [-0.2, 0) is 0 Å². The number of nitrogens with zero attached hydrogens (tertiary/aromatic N) is 2. The lowest BCUT2D eigenvalue weighted by molar-refractivity contribution is 0.101. The Labute approximate surface area is 141 Å². The van der Waals surface area contributed by atoms with Crippen LogP contribution in [0.3, 0.4) is 0 Å². The first-order valence-corrected chi connectivity index (χ1v) is 7.36. The van der Waals surface area contributed by atoms with E-state index in [1.165, 1.54) is 13.0 Å². The van der Waals surface area contributed by atoms with Crippen LogP contribution in [0.2, 0.25) is 5.02 Å². The molecule has 0 bridgehead atoms. The molecule has 4 nitrogen and oxygen atoms in total. The average molecular weight is 349 g/mol. The molecule has 0 N–H and O–H groups in total. The summed E-state index contributed by atoms with van der Waals surface area (Å²) in [7, 11) is 0. The van der Waals surface area contributed by atoms with Gasteiger partial charge in [0.15, 0.2) is 17.4 Å². The first-order chi connectivity index (χ1) is 11.4. The fourth-order valence-electron chi connectivity index (χ4n) is 2.26. The number of ether oxygens (including phenoxy) is 1. The highest BCUT2D eigenvalue weighted by atomic mass is 35.5. The van der Waals surface area contributed by atoms with E-state index in [0.717, 1.165) is 6.07 Å². The lowest BCUT2D eigenvalue weighted by atomic mass is 10.1. The molecule has 24 heavy (non-hydrogen) atoms. The molecular formula is C17H11ClF2N2O2. The Morgan fingerprint density at radius 2 is 1.92 bits per heavy atom. The number of rotatable bonds is 3. The van der Waals surface area contributed by atoms with E-state index in [-0.39, 0.29) is 44.7 Å². The van der Waals surface area contributed by atoms with Crippen molar-refractivity contribution in [3.8, 4) is 11.6 Å². The number of carbonyl (C=O) groups excluding carboxylic acids is 1. The van der Waals surface area contributed by atoms with Crippen LogP contribution in [0, 0.1) is 18.6 Å². The highest BCUT2D eigenvalue weighted by Gasteiger charge is 2.17. The van der Waals surface area contributed by atoms with Gasteiger partial charge in [0, 0.05) is 0 Å². The summed E-state index contributed by atoms with van der Waals surface area (Å²) in [6.45, 7) is 2.91. The van der Waals surface area contributed by atoms with Crippen LogP contribution in [0.15, 0.2) is 30.3 Å². The molecular weight excluding hydrogens is 338 g/mol. The second-order valence-corrected chi connectivity index (χ2v) is 5.52. The number of benzene rings is 2. The number of Topliss-reactive ketones (excluding diaryl/α,β-unsaturated/α-hetero) is 1. The fourth-order valence-corrected chi connectivity index (χ4v) is 2.56. The molecule has 0 radical (unpaired) electrons. The van der Waals surface area contributed by atoms with Crippen LogP contribution in [0.4, 0.5) is 8.78 Å². The topological polar surface area (TPSA) is 52.1 Å². The third-order valence-corrected chi connectivity index (χ3v) is 3.71. The van der Waals surface area contributed by atoms with Crippen molar-refractivity contribution in [2.45, 2.75) is 13.8 Å². The van der Waals surface area contributed by atoms with Crippen molar-refractivity contribution in [3.05, 3.63) is 58.2 Å². The number of carbonyl (C=O) groups is 1. The number of ketones is 1. The highest BCUT2D eigenvalue weighted by Crippen LogP contribution is 2.32. The van der Waals surface area contributed by atoms with Gasteiger partial charge in [-0.2, -0.15) is 0 Å². The summed E-state index contributed by atoms with van der Waals surface area (Å²) in [6.07, 6.45) is 0. The van der Waals surface area contributed by atoms with Gasteiger partial charge in [0.1, 0.15) is 17.0 Å².